The number of hydrogen-bond acceptors (Lipinski definition) is 23. The lowest BCUT2D eigenvalue weighted by molar-refractivity contribution is 0.105. The Morgan fingerprint density at radius 2 is 0.707 bits per heavy atom. The minimum atomic E-state index is -5.31. The molecule has 0 saturated carbocycles. The minimum absolute atomic E-state index is 0.0537. The normalized spacial score (nSPS) is 15.2. The molecule has 2 amide bonds. The Hall–Kier alpha value is -8.99. The molecule has 0 aliphatic heterocycles. The standard InChI is InChI=1S/C45H32N10O21S6/c56-43-33-13-5-27(17-23(33)19-39(81(71,72)73)41(43)54-52-35-15-7-29(21-37(35)79(65,66)67)50-48-25-1-9-31(10-2-25)77(59,60)61)46-45(58)47-28-6-14-34-24(18-28)20-40(82(74,75)76)42(44(34)57)55-53-36-16-8-30(22-38(36)80(68,69)70)51-49-26-3-11-32(12-4-26)78(62,63)64/h1-22,52-53H,(H2,46,47,58)(H,59,60,61)(H,62,63,64)(H,65,66,67)(H,68,69,70)(H,71,72,73)(H,74,75,76)/b50-48?,51-49?,54-41-,55-42-. The molecule has 0 saturated heterocycles. The van der Waals surface area contributed by atoms with Crippen LogP contribution in [0.2, 0.25) is 0 Å². The van der Waals surface area contributed by atoms with Crippen molar-refractivity contribution >= 4 is 147 Å². The highest BCUT2D eigenvalue weighted by atomic mass is 32.2. The first-order chi connectivity index (χ1) is 38.1. The largest absolute Gasteiger partial charge is 0.323 e. The minimum Gasteiger partial charge on any atom is -0.308 e. The smallest absolute Gasteiger partial charge is 0.308 e. The number of carbonyl (C=O) groups is 3. The first-order valence-electron chi connectivity index (χ1n) is 21.9. The average molecular weight is 1240 g/mol. The predicted octanol–water partition coefficient (Wildman–Crippen LogP) is 6.93. The van der Waals surface area contributed by atoms with E-state index < -0.39 is 130 Å². The molecule has 10 N–H and O–H groups in total. The number of hydrogen-bond donors (Lipinski definition) is 10. The molecule has 31 nitrogen and oxygen atoms in total. The Balaban J connectivity index is 0.981. The van der Waals surface area contributed by atoms with Crippen molar-refractivity contribution in [2.45, 2.75) is 19.6 Å². The number of hydrazone groups is 2. The Bertz CT molecular complexity index is 4370. The van der Waals surface area contributed by atoms with Crippen LogP contribution in [0.1, 0.15) is 31.8 Å². The lowest BCUT2D eigenvalue weighted by atomic mass is 9.94. The van der Waals surface area contributed by atoms with E-state index in [1.165, 1.54) is 12.1 Å². The number of anilines is 4. The molecule has 0 atom stereocenters. The molecule has 2 aliphatic rings. The van der Waals surface area contributed by atoms with Crippen molar-refractivity contribution in [3.63, 3.8) is 0 Å². The molecule has 0 bridgehead atoms. The molecule has 0 radical (unpaired) electrons. The van der Waals surface area contributed by atoms with Crippen LogP contribution in [0.25, 0.3) is 12.2 Å². The number of Topliss-reactive ketones (excluding diaryl/α,β-unsaturated/α-hetero) is 2. The fourth-order valence-corrected chi connectivity index (χ4v) is 10.9. The topological polar surface area (TPSA) is 500 Å². The number of benzene rings is 6. The summed E-state index contributed by atoms with van der Waals surface area (Å²) < 4.78 is 204. The summed E-state index contributed by atoms with van der Waals surface area (Å²) in [4.78, 5) is 35.8. The Morgan fingerprint density at radius 3 is 1.02 bits per heavy atom. The van der Waals surface area contributed by atoms with Crippen LogP contribution in [-0.4, -0.2) is 107 Å². The summed E-state index contributed by atoms with van der Waals surface area (Å²) >= 11 is 0. The number of urea groups is 1. The van der Waals surface area contributed by atoms with E-state index >= 15 is 0 Å². The van der Waals surface area contributed by atoms with Gasteiger partial charge in [-0.1, -0.05) is 0 Å². The number of amides is 2. The zero-order valence-electron chi connectivity index (χ0n) is 40.1. The maximum atomic E-state index is 13.7. The third kappa shape index (κ3) is 13.8. The number of azo groups is 2. The second kappa shape index (κ2) is 22.2. The van der Waals surface area contributed by atoms with Gasteiger partial charge in [0.1, 0.15) is 19.6 Å². The van der Waals surface area contributed by atoms with Crippen molar-refractivity contribution in [2.75, 3.05) is 21.5 Å². The van der Waals surface area contributed by atoms with Crippen LogP contribution < -0.4 is 21.5 Å². The van der Waals surface area contributed by atoms with Gasteiger partial charge in [0.2, 0.25) is 11.6 Å². The molecule has 0 aromatic heterocycles. The van der Waals surface area contributed by atoms with E-state index in [2.05, 4.69) is 52.1 Å². The van der Waals surface area contributed by atoms with Gasteiger partial charge in [0.15, 0.2) is 11.4 Å². The van der Waals surface area contributed by atoms with Gasteiger partial charge < -0.3 is 10.6 Å². The van der Waals surface area contributed by atoms with Crippen LogP contribution in [0.3, 0.4) is 0 Å². The van der Waals surface area contributed by atoms with Gasteiger partial charge in [-0.3, -0.25) is 47.8 Å². The maximum Gasteiger partial charge on any atom is 0.323 e. The third-order valence-electron chi connectivity index (χ3n) is 11.0. The van der Waals surface area contributed by atoms with E-state index in [9.17, 15) is 83.1 Å². The van der Waals surface area contributed by atoms with Crippen LogP contribution in [-0.2, 0) is 60.7 Å². The van der Waals surface area contributed by atoms with E-state index in [0.29, 0.717) is 0 Å². The average Bonchev–Trinajstić information content (AvgIpc) is 3.57. The molecule has 6 aromatic rings. The molecule has 2 aliphatic carbocycles. The van der Waals surface area contributed by atoms with Crippen molar-refractivity contribution in [1.82, 2.24) is 0 Å². The van der Waals surface area contributed by atoms with Gasteiger partial charge in [-0.25, -0.2) is 4.79 Å². The van der Waals surface area contributed by atoms with E-state index in [-0.39, 0.29) is 56.4 Å². The number of carbonyl (C=O) groups excluding carboxylic acids is 3. The van der Waals surface area contributed by atoms with Crippen LogP contribution in [0.15, 0.2) is 181 Å². The SMILES string of the molecule is O=C(Nc1ccc2c(c1)C=C(S(=O)(=O)O)/C(=N/Nc1ccc(N=Nc3ccc(S(=O)(=O)O)cc3)cc1S(=O)(=O)O)C2=O)Nc1ccc2c(c1)C=C(S(=O)(=O)O)/C(=N/Nc1ccc(N=Nc3ccc(S(=O)(=O)O)cc3)cc1S(=O)(=O)O)C2=O. The number of nitrogens with zero attached hydrogens (tertiary/aromatic N) is 6. The lowest BCUT2D eigenvalue weighted by Gasteiger charge is -2.18. The first kappa shape index (κ1) is 59.1. The molecular weight excluding hydrogens is 1210 g/mol. The van der Waals surface area contributed by atoms with Crippen molar-refractivity contribution in [2.24, 2.45) is 30.7 Å². The highest BCUT2D eigenvalue weighted by Crippen LogP contribution is 2.34. The number of nitrogens with one attached hydrogen (secondary N) is 4. The van der Waals surface area contributed by atoms with Crippen LogP contribution in [0.4, 0.5) is 50.3 Å². The quantitative estimate of drug-likeness (QED) is 0.0266. The van der Waals surface area contributed by atoms with Gasteiger partial charge in [0.25, 0.3) is 60.7 Å². The fourth-order valence-electron chi connectivity index (χ4n) is 7.32. The molecule has 0 spiro atoms. The number of rotatable bonds is 16. The summed E-state index contributed by atoms with van der Waals surface area (Å²) in [5, 5.41) is 27.6. The summed E-state index contributed by atoms with van der Waals surface area (Å²) in [5.74, 6) is -2.30. The molecular formula is C45H32N10O21S6. The second-order valence-corrected chi connectivity index (χ2v) is 25.0. The Morgan fingerprint density at radius 1 is 0.378 bits per heavy atom. The molecule has 82 heavy (non-hydrogen) atoms. The van der Waals surface area contributed by atoms with Crippen molar-refractivity contribution in [1.29, 1.82) is 0 Å². The van der Waals surface area contributed by atoms with Gasteiger partial charge in [0.05, 0.1) is 43.9 Å². The van der Waals surface area contributed by atoms with E-state index in [1.54, 1.807) is 0 Å². The second-order valence-electron chi connectivity index (χ2n) is 16.6. The van der Waals surface area contributed by atoms with Gasteiger partial charge in [-0.15, -0.1) is 0 Å². The highest BCUT2D eigenvalue weighted by Gasteiger charge is 2.35. The monoisotopic (exact) mass is 1240 g/mol. The van der Waals surface area contributed by atoms with Gasteiger partial charge in [0, 0.05) is 22.5 Å². The third-order valence-corrected chi connectivity index (χ3v) is 16.3. The summed E-state index contributed by atoms with van der Waals surface area (Å²) in [7, 11) is -29.9. The van der Waals surface area contributed by atoms with Gasteiger partial charge in [-0.05, 0) is 145 Å². The zero-order valence-corrected chi connectivity index (χ0v) is 45.0. The maximum absolute atomic E-state index is 13.7. The summed E-state index contributed by atoms with van der Waals surface area (Å²) in [6.45, 7) is 0. The molecule has 424 valence electrons. The number of allylic oxidation sites excluding steroid dienone is 2. The number of ketones is 2. The van der Waals surface area contributed by atoms with Crippen molar-refractivity contribution in [3.05, 3.63) is 153 Å². The highest BCUT2D eigenvalue weighted by molar-refractivity contribution is 7.91. The zero-order chi connectivity index (χ0) is 59.9. The molecule has 0 unspecified atom stereocenters. The van der Waals surface area contributed by atoms with E-state index in [1.807, 2.05) is 0 Å². The molecule has 6 aromatic carbocycles. The first-order valence-corrected chi connectivity index (χ1v) is 30.5. The van der Waals surface area contributed by atoms with Crippen LogP contribution in [0.5, 0.6) is 0 Å². The lowest BCUT2D eigenvalue weighted by Crippen LogP contribution is -2.28. The molecule has 0 heterocycles. The van der Waals surface area contributed by atoms with Crippen LogP contribution >= 0.6 is 0 Å². The van der Waals surface area contributed by atoms with Crippen LogP contribution in [0, 0.1) is 0 Å². The summed E-state index contributed by atoms with van der Waals surface area (Å²) in [6.07, 6.45) is 1.58. The molecule has 8 rings (SSSR count). The van der Waals surface area contributed by atoms with E-state index in [0.717, 1.165) is 121 Å². The van der Waals surface area contributed by atoms with Crippen molar-refractivity contribution < 1.29 is 92.2 Å². The Labute approximate surface area is 462 Å². The Kier molecular flexibility index (Phi) is 16.0. The van der Waals surface area contributed by atoms with Crippen molar-refractivity contribution in [3.8, 4) is 0 Å². The summed E-state index contributed by atoms with van der Waals surface area (Å²) in [5.41, 5.74) is -0.0489. The van der Waals surface area contributed by atoms with Gasteiger partial charge in [-0.2, -0.15) is 81.2 Å². The summed E-state index contributed by atoms with van der Waals surface area (Å²) in [6, 6.07) is 20.4. The van der Waals surface area contributed by atoms with E-state index in [4.69, 9.17) is 9.11 Å². The fraction of sp³-hybridized carbons (Fsp3) is 0. The van der Waals surface area contributed by atoms with Gasteiger partial charge >= 0.3 is 6.03 Å². The molecule has 37 heteroatoms. The predicted molar refractivity (Wildman–Crippen MR) is 289 cm³/mol. The number of fused-ring (bicyclic) bond motifs is 2. The molecule has 0 fully saturated rings.